The van der Waals surface area contributed by atoms with Gasteiger partial charge in [-0.1, -0.05) is 13.3 Å². The van der Waals surface area contributed by atoms with Crippen molar-refractivity contribution >= 4 is 5.91 Å². The van der Waals surface area contributed by atoms with Crippen LogP contribution in [-0.4, -0.2) is 43.2 Å². The minimum absolute atomic E-state index is 0.0365. The highest BCUT2D eigenvalue weighted by Gasteiger charge is 2.34. The normalized spacial score (nSPS) is 35.4. The minimum atomic E-state index is 0.0365. The van der Waals surface area contributed by atoms with E-state index in [0.717, 1.165) is 13.0 Å². The van der Waals surface area contributed by atoms with Gasteiger partial charge in [0.1, 0.15) is 0 Å². The second kappa shape index (κ2) is 5.15. The van der Waals surface area contributed by atoms with Gasteiger partial charge >= 0.3 is 0 Å². The zero-order valence-electron chi connectivity index (χ0n) is 10.0. The van der Waals surface area contributed by atoms with E-state index in [4.69, 9.17) is 10.5 Å². The maximum Gasteiger partial charge on any atom is 0.226 e. The first-order chi connectivity index (χ1) is 7.72. The van der Waals surface area contributed by atoms with Gasteiger partial charge in [0.05, 0.1) is 12.7 Å². The quantitative estimate of drug-likeness (QED) is 0.750. The number of hydrogen-bond acceptors (Lipinski definition) is 3. The maximum absolute atomic E-state index is 12.3. The summed E-state index contributed by atoms with van der Waals surface area (Å²) in [7, 11) is 0. The fraction of sp³-hybridized carbons (Fsp3) is 0.917. The molecule has 0 aromatic heterocycles. The summed E-state index contributed by atoms with van der Waals surface area (Å²) in [5.74, 6) is 1.12. The van der Waals surface area contributed by atoms with Crippen molar-refractivity contribution in [1.82, 2.24) is 4.90 Å². The summed E-state index contributed by atoms with van der Waals surface area (Å²) in [5.41, 5.74) is 5.58. The Morgan fingerprint density at radius 1 is 1.50 bits per heavy atom. The molecule has 92 valence electrons. The largest absolute Gasteiger partial charge is 0.373 e. The van der Waals surface area contributed by atoms with Crippen LogP contribution < -0.4 is 5.73 Å². The number of rotatable bonds is 2. The van der Waals surface area contributed by atoms with Crippen molar-refractivity contribution in [2.75, 3.05) is 26.2 Å². The highest BCUT2D eigenvalue weighted by molar-refractivity contribution is 5.79. The fourth-order valence-corrected chi connectivity index (χ4v) is 2.81. The second-order valence-corrected chi connectivity index (χ2v) is 5.03. The zero-order valence-corrected chi connectivity index (χ0v) is 10.0. The van der Waals surface area contributed by atoms with E-state index >= 15 is 0 Å². The van der Waals surface area contributed by atoms with E-state index in [-0.39, 0.29) is 12.0 Å². The molecule has 3 unspecified atom stereocenters. The molecular weight excluding hydrogens is 204 g/mol. The Kier molecular flexibility index (Phi) is 3.82. The minimum Gasteiger partial charge on any atom is -0.373 e. The zero-order chi connectivity index (χ0) is 11.5. The first-order valence-electron chi connectivity index (χ1n) is 6.33. The Morgan fingerprint density at radius 2 is 2.31 bits per heavy atom. The number of carbonyl (C=O) groups excluding carboxylic acids is 1. The van der Waals surface area contributed by atoms with Crippen LogP contribution in [-0.2, 0) is 9.53 Å². The molecule has 4 heteroatoms. The number of ether oxygens (including phenoxy) is 1. The monoisotopic (exact) mass is 226 g/mol. The summed E-state index contributed by atoms with van der Waals surface area (Å²) in [4.78, 5) is 14.3. The van der Waals surface area contributed by atoms with Gasteiger partial charge in [0, 0.05) is 25.6 Å². The lowest BCUT2D eigenvalue weighted by molar-refractivity contribution is -0.143. The average molecular weight is 226 g/mol. The van der Waals surface area contributed by atoms with Gasteiger partial charge in [0.25, 0.3) is 0 Å². The molecule has 1 aliphatic carbocycles. The van der Waals surface area contributed by atoms with E-state index in [1.165, 1.54) is 12.8 Å². The molecule has 0 radical (unpaired) electrons. The van der Waals surface area contributed by atoms with Crippen LogP contribution in [0.25, 0.3) is 0 Å². The molecule has 1 saturated carbocycles. The Balaban J connectivity index is 1.93. The molecule has 3 atom stereocenters. The van der Waals surface area contributed by atoms with Crippen LogP contribution in [0.4, 0.5) is 0 Å². The van der Waals surface area contributed by atoms with Crippen molar-refractivity contribution in [3.05, 3.63) is 0 Å². The standard InChI is InChI=1S/C12H22N2O2/c1-9-3-2-4-11(9)12(15)14-5-6-16-10(7-13)8-14/h9-11H,2-8,13H2,1H3. The van der Waals surface area contributed by atoms with E-state index < -0.39 is 0 Å². The van der Waals surface area contributed by atoms with Gasteiger partial charge in [-0.3, -0.25) is 4.79 Å². The number of morpholine rings is 1. The predicted molar refractivity (Wildman–Crippen MR) is 61.9 cm³/mol. The van der Waals surface area contributed by atoms with E-state index in [2.05, 4.69) is 6.92 Å². The first-order valence-corrected chi connectivity index (χ1v) is 6.33. The van der Waals surface area contributed by atoms with Crippen LogP contribution in [0.1, 0.15) is 26.2 Å². The van der Waals surface area contributed by atoms with E-state index in [1.54, 1.807) is 0 Å². The Bertz CT molecular complexity index is 257. The van der Waals surface area contributed by atoms with Gasteiger partial charge < -0.3 is 15.4 Å². The SMILES string of the molecule is CC1CCCC1C(=O)N1CCOC(CN)C1. The Labute approximate surface area is 97.1 Å². The lowest BCUT2D eigenvalue weighted by Gasteiger charge is -2.34. The average Bonchev–Trinajstić information content (AvgIpc) is 2.74. The molecule has 2 fully saturated rings. The van der Waals surface area contributed by atoms with Crippen molar-refractivity contribution in [1.29, 1.82) is 0 Å². The van der Waals surface area contributed by atoms with Gasteiger partial charge in [-0.15, -0.1) is 0 Å². The smallest absolute Gasteiger partial charge is 0.226 e. The molecule has 0 bridgehead atoms. The molecule has 0 spiro atoms. The van der Waals surface area contributed by atoms with Crippen LogP contribution in [0.2, 0.25) is 0 Å². The summed E-state index contributed by atoms with van der Waals surface area (Å²) in [6.07, 6.45) is 3.49. The van der Waals surface area contributed by atoms with E-state index in [0.29, 0.717) is 31.5 Å². The van der Waals surface area contributed by atoms with Crippen LogP contribution >= 0.6 is 0 Å². The third kappa shape index (κ3) is 2.38. The predicted octanol–water partition coefficient (Wildman–Crippen LogP) is 0.609. The lowest BCUT2D eigenvalue weighted by Crippen LogP contribution is -2.50. The number of hydrogen-bond donors (Lipinski definition) is 1. The fourth-order valence-electron chi connectivity index (χ4n) is 2.81. The topological polar surface area (TPSA) is 55.6 Å². The highest BCUT2D eigenvalue weighted by Crippen LogP contribution is 2.32. The molecule has 1 aliphatic heterocycles. The Morgan fingerprint density at radius 3 is 2.94 bits per heavy atom. The summed E-state index contributed by atoms with van der Waals surface area (Å²) >= 11 is 0. The van der Waals surface area contributed by atoms with E-state index in [1.807, 2.05) is 4.90 Å². The molecule has 4 nitrogen and oxygen atoms in total. The molecular formula is C12H22N2O2. The number of nitrogens with two attached hydrogens (primary N) is 1. The molecule has 1 amide bonds. The van der Waals surface area contributed by atoms with Gasteiger partial charge in [0.15, 0.2) is 0 Å². The molecule has 0 aromatic rings. The molecule has 0 aromatic carbocycles. The van der Waals surface area contributed by atoms with Crippen LogP contribution in [0, 0.1) is 11.8 Å². The Hall–Kier alpha value is -0.610. The van der Waals surface area contributed by atoms with Gasteiger partial charge in [-0.2, -0.15) is 0 Å². The van der Waals surface area contributed by atoms with Crippen LogP contribution in [0.5, 0.6) is 0 Å². The van der Waals surface area contributed by atoms with Crippen molar-refractivity contribution < 1.29 is 9.53 Å². The molecule has 1 heterocycles. The van der Waals surface area contributed by atoms with Crippen molar-refractivity contribution in [3.63, 3.8) is 0 Å². The van der Waals surface area contributed by atoms with Crippen molar-refractivity contribution in [2.24, 2.45) is 17.6 Å². The van der Waals surface area contributed by atoms with Crippen molar-refractivity contribution in [2.45, 2.75) is 32.3 Å². The summed E-state index contributed by atoms with van der Waals surface area (Å²) in [5, 5.41) is 0. The van der Waals surface area contributed by atoms with Gasteiger partial charge in [0.2, 0.25) is 5.91 Å². The van der Waals surface area contributed by atoms with Crippen LogP contribution in [0.3, 0.4) is 0 Å². The maximum atomic E-state index is 12.3. The summed E-state index contributed by atoms with van der Waals surface area (Å²) in [6, 6.07) is 0. The molecule has 2 aliphatic rings. The molecule has 2 rings (SSSR count). The third-order valence-corrected chi connectivity index (χ3v) is 3.89. The summed E-state index contributed by atoms with van der Waals surface area (Å²) in [6.45, 7) is 4.74. The molecule has 16 heavy (non-hydrogen) atoms. The van der Waals surface area contributed by atoms with Crippen LogP contribution in [0.15, 0.2) is 0 Å². The second-order valence-electron chi connectivity index (χ2n) is 5.03. The van der Waals surface area contributed by atoms with Gasteiger partial charge in [-0.05, 0) is 18.8 Å². The number of nitrogens with zero attached hydrogens (tertiary/aromatic N) is 1. The highest BCUT2D eigenvalue weighted by atomic mass is 16.5. The summed E-state index contributed by atoms with van der Waals surface area (Å²) < 4.78 is 5.48. The number of carbonyl (C=O) groups is 1. The molecule has 1 saturated heterocycles. The lowest BCUT2D eigenvalue weighted by atomic mass is 9.96. The first kappa shape index (κ1) is 11.9. The number of amides is 1. The van der Waals surface area contributed by atoms with Gasteiger partial charge in [-0.25, -0.2) is 0 Å². The van der Waals surface area contributed by atoms with E-state index in [9.17, 15) is 4.79 Å². The molecule has 2 N–H and O–H groups in total. The van der Waals surface area contributed by atoms with Crippen molar-refractivity contribution in [3.8, 4) is 0 Å². The third-order valence-electron chi connectivity index (χ3n) is 3.89.